The van der Waals surface area contributed by atoms with Crippen molar-refractivity contribution >= 4 is 29.0 Å². The molecule has 2 heteroatoms. The molecule has 0 saturated carbocycles. The molecule has 0 amide bonds. The highest BCUT2D eigenvalue weighted by molar-refractivity contribution is 7.96. The van der Waals surface area contributed by atoms with E-state index in [1.54, 1.807) is 0 Å². The van der Waals surface area contributed by atoms with Crippen molar-refractivity contribution in [1.29, 1.82) is 0 Å². The van der Waals surface area contributed by atoms with Crippen molar-refractivity contribution in [3.05, 3.63) is 91.0 Å². The smallest absolute Gasteiger partial charge is 0.176 e. The van der Waals surface area contributed by atoms with Gasteiger partial charge in [-0.2, -0.15) is 0 Å². The van der Waals surface area contributed by atoms with Crippen LogP contribution < -0.4 is 15.9 Å². The van der Waals surface area contributed by atoms with Gasteiger partial charge in [-0.3, -0.25) is 4.79 Å². The van der Waals surface area contributed by atoms with Crippen molar-refractivity contribution in [3.63, 3.8) is 0 Å². The van der Waals surface area contributed by atoms with Gasteiger partial charge < -0.3 is 0 Å². The number of carbonyl (C=O) groups excluding carboxylic acids is 1. The minimum absolute atomic E-state index is 0.308. The van der Waals surface area contributed by atoms with E-state index in [9.17, 15) is 4.79 Å². The first-order valence-corrected chi connectivity index (χ1v) is 11.0. The van der Waals surface area contributed by atoms with Crippen LogP contribution in [0.2, 0.25) is 0 Å². The van der Waals surface area contributed by atoms with E-state index in [2.05, 4.69) is 72.8 Å². The molecule has 1 nitrogen and oxygen atoms in total. The average molecular weight is 361 g/mol. The van der Waals surface area contributed by atoms with Gasteiger partial charge in [0.05, 0.1) is 0 Å². The van der Waals surface area contributed by atoms with Gasteiger partial charge >= 0.3 is 0 Å². The van der Waals surface area contributed by atoms with Crippen LogP contribution in [0.5, 0.6) is 0 Å². The Morgan fingerprint density at radius 3 is 1.23 bits per heavy atom. The molecule has 132 valence electrons. The maximum absolute atomic E-state index is 13.2. The molecule has 0 aromatic heterocycles. The zero-order valence-electron chi connectivity index (χ0n) is 15.7. The summed E-state index contributed by atoms with van der Waals surface area (Å²) in [5.41, 5.74) is -0.358. The van der Waals surface area contributed by atoms with Gasteiger partial charge in [0.15, 0.2) is 5.78 Å². The summed E-state index contributed by atoms with van der Waals surface area (Å²) in [4.78, 5) is 13.2. The zero-order valence-corrected chi connectivity index (χ0v) is 16.6. The second kappa shape index (κ2) is 7.56. The van der Waals surface area contributed by atoms with E-state index in [-0.39, 0.29) is 5.41 Å². The molecule has 0 aliphatic carbocycles. The van der Waals surface area contributed by atoms with Crippen molar-refractivity contribution in [1.82, 2.24) is 0 Å². The van der Waals surface area contributed by atoms with Gasteiger partial charge in [-0.05, 0) is 36.4 Å². The van der Waals surface area contributed by atoms with Gasteiger partial charge in [0.25, 0.3) is 0 Å². The topological polar surface area (TPSA) is 17.1 Å². The molecule has 0 atom stereocenters. The Morgan fingerprint density at radius 1 is 0.654 bits per heavy atom. The summed E-state index contributed by atoms with van der Waals surface area (Å²) in [7, 11) is -2.06. The number of ketones is 1. The standard InChI is InChI=1S/C24H26OP/c1-24(2,3)23(25)19-26(20-13-7-4-8-14-20,21-15-9-5-10-16-21)22-17-11-6-12-18-22/h4-18H,19H2,1-3H3/q+1. The lowest BCUT2D eigenvalue weighted by Crippen LogP contribution is -2.38. The van der Waals surface area contributed by atoms with Gasteiger partial charge in [-0.1, -0.05) is 75.4 Å². The maximum Gasteiger partial charge on any atom is 0.176 e. The molecular weight excluding hydrogens is 335 g/mol. The molecule has 0 aliphatic rings. The molecule has 26 heavy (non-hydrogen) atoms. The van der Waals surface area contributed by atoms with Crippen LogP contribution in [0.25, 0.3) is 0 Å². The van der Waals surface area contributed by atoms with Crippen LogP contribution in [0.4, 0.5) is 0 Å². The molecule has 0 N–H and O–H groups in total. The highest BCUT2D eigenvalue weighted by atomic mass is 31.2. The van der Waals surface area contributed by atoms with Crippen LogP contribution in [0.3, 0.4) is 0 Å². The maximum atomic E-state index is 13.2. The number of Topliss-reactive ketones (excluding diaryl/α,β-unsaturated/α-hetero) is 1. The first-order valence-electron chi connectivity index (χ1n) is 9.03. The van der Waals surface area contributed by atoms with E-state index in [0.717, 1.165) is 0 Å². The molecule has 3 aromatic carbocycles. The second-order valence-electron chi connectivity index (χ2n) is 7.65. The first kappa shape index (κ1) is 18.5. The lowest BCUT2D eigenvalue weighted by Gasteiger charge is -2.29. The van der Waals surface area contributed by atoms with E-state index in [1.807, 2.05) is 39.0 Å². The average Bonchev–Trinajstić information content (AvgIpc) is 2.67. The summed E-state index contributed by atoms with van der Waals surface area (Å²) >= 11 is 0. The number of hydrogen-bond acceptors (Lipinski definition) is 1. The van der Waals surface area contributed by atoms with Crippen LogP contribution in [-0.4, -0.2) is 11.9 Å². The highest BCUT2D eigenvalue weighted by Gasteiger charge is 2.48. The van der Waals surface area contributed by atoms with Crippen LogP contribution in [0.1, 0.15) is 20.8 Å². The Kier molecular flexibility index (Phi) is 5.39. The Bertz CT molecular complexity index is 752. The third kappa shape index (κ3) is 3.64. The fourth-order valence-corrected chi connectivity index (χ4v) is 7.61. The van der Waals surface area contributed by atoms with Crippen molar-refractivity contribution in [2.75, 3.05) is 6.16 Å². The van der Waals surface area contributed by atoms with E-state index in [1.165, 1.54) is 15.9 Å². The summed E-state index contributed by atoms with van der Waals surface area (Å²) in [6, 6.07) is 31.7. The number of benzene rings is 3. The minimum Gasteiger partial charge on any atom is -0.295 e. The van der Waals surface area contributed by atoms with Crippen molar-refractivity contribution in [2.24, 2.45) is 5.41 Å². The third-order valence-electron chi connectivity index (χ3n) is 4.81. The molecule has 3 aromatic rings. The number of carbonyl (C=O) groups is 1. The molecule has 0 aliphatic heterocycles. The molecule has 0 heterocycles. The van der Waals surface area contributed by atoms with Gasteiger partial charge in [-0.25, -0.2) is 0 Å². The molecule has 0 spiro atoms. The quantitative estimate of drug-likeness (QED) is 0.607. The Balaban J connectivity index is 2.30. The van der Waals surface area contributed by atoms with Crippen LogP contribution >= 0.6 is 7.26 Å². The Labute approximate surface area is 157 Å². The van der Waals surface area contributed by atoms with E-state index >= 15 is 0 Å². The van der Waals surface area contributed by atoms with Crippen LogP contribution in [0, 0.1) is 5.41 Å². The Hall–Kier alpha value is -2.24. The van der Waals surface area contributed by atoms with E-state index in [4.69, 9.17) is 0 Å². The zero-order chi connectivity index (χ0) is 18.6. The monoisotopic (exact) mass is 361 g/mol. The minimum atomic E-state index is -2.06. The van der Waals surface area contributed by atoms with Crippen LogP contribution in [-0.2, 0) is 4.79 Å². The summed E-state index contributed by atoms with van der Waals surface area (Å²) < 4.78 is 0. The molecule has 3 rings (SSSR count). The predicted octanol–water partition coefficient (Wildman–Crippen LogP) is 4.60. The summed E-state index contributed by atoms with van der Waals surface area (Å²) in [6.07, 6.45) is 0.550. The second-order valence-corrected chi connectivity index (χ2v) is 11.1. The lowest BCUT2D eigenvalue weighted by molar-refractivity contribution is -0.123. The number of rotatable bonds is 5. The SMILES string of the molecule is CC(C)(C)C(=O)C[P+](c1ccccc1)(c1ccccc1)c1ccccc1. The fourth-order valence-electron chi connectivity index (χ4n) is 3.22. The van der Waals surface area contributed by atoms with E-state index in [0.29, 0.717) is 11.9 Å². The molecule has 0 unspecified atom stereocenters. The van der Waals surface area contributed by atoms with Crippen LogP contribution in [0.15, 0.2) is 91.0 Å². The van der Waals surface area contributed by atoms with Gasteiger partial charge in [0.2, 0.25) is 0 Å². The molecular formula is C24H26OP+. The van der Waals surface area contributed by atoms with Gasteiger partial charge in [-0.15, -0.1) is 0 Å². The van der Waals surface area contributed by atoms with Gasteiger partial charge in [0.1, 0.15) is 29.3 Å². The van der Waals surface area contributed by atoms with Crippen molar-refractivity contribution < 1.29 is 4.79 Å². The van der Waals surface area contributed by atoms with E-state index < -0.39 is 7.26 Å². The largest absolute Gasteiger partial charge is 0.295 e. The summed E-state index contributed by atoms with van der Waals surface area (Å²) in [5.74, 6) is 0.308. The Morgan fingerprint density at radius 2 is 0.962 bits per heavy atom. The lowest BCUT2D eigenvalue weighted by atomic mass is 9.92. The summed E-state index contributed by atoms with van der Waals surface area (Å²) in [5, 5.41) is 3.78. The highest BCUT2D eigenvalue weighted by Crippen LogP contribution is 2.56. The molecule has 0 bridgehead atoms. The van der Waals surface area contributed by atoms with Crippen molar-refractivity contribution in [3.8, 4) is 0 Å². The number of hydrogen-bond donors (Lipinski definition) is 0. The normalized spacial score (nSPS) is 12.0. The predicted molar refractivity (Wildman–Crippen MR) is 114 cm³/mol. The fraction of sp³-hybridized carbons (Fsp3) is 0.208. The van der Waals surface area contributed by atoms with Crippen molar-refractivity contribution in [2.45, 2.75) is 20.8 Å². The first-order chi connectivity index (χ1) is 12.4. The summed E-state index contributed by atoms with van der Waals surface area (Å²) in [6.45, 7) is 6.06. The van der Waals surface area contributed by atoms with Gasteiger partial charge in [0, 0.05) is 5.41 Å². The molecule has 0 saturated heterocycles. The molecule has 0 radical (unpaired) electrons. The third-order valence-corrected chi connectivity index (χ3v) is 9.11. The molecule has 0 fully saturated rings.